The van der Waals surface area contributed by atoms with Crippen LogP contribution >= 0.6 is 0 Å². The average molecular weight is 643 g/mol. The van der Waals surface area contributed by atoms with E-state index in [-0.39, 0.29) is 41.1 Å². The van der Waals surface area contributed by atoms with Crippen LogP contribution in [0.1, 0.15) is 127 Å². The van der Waals surface area contributed by atoms with Crippen molar-refractivity contribution in [3.63, 3.8) is 0 Å². The second-order valence-electron chi connectivity index (χ2n) is 14.9. The fourth-order valence-corrected chi connectivity index (χ4v) is 16.1. The van der Waals surface area contributed by atoms with E-state index in [0.29, 0.717) is 3.63 Å². The summed E-state index contributed by atoms with van der Waals surface area (Å²) in [6.07, 6.45) is 13.5. The molecule has 3 aliphatic rings. The van der Waals surface area contributed by atoms with Crippen LogP contribution in [-0.2, 0) is 32.1 Å². The summed E-state index contributed by atoms with van der Waals surface area (Å²) >= 11 is -2.19. The topological polar surface area (TPSA) is 0 Å². The van der Waals surface area contributed by atoms with E-state index in [1.807, 2.05) is 6.49 Å². The van der Waals surface area contributed by atoms with Crippen LogP contribution in [0.2, 0.25) is 0 Å². The van der Waals surface area contributed by atoms with Gasteiger partial charge in [0.25, 0.3) is 0 Å². The van der Waals surface area contributed by atoms with Gasteiger partial charge in [0.1, 0.15) is 0 Å². The molecule has 2 aromatic carbocycles. The minimum Gasteiger partial charge on any atom is -1.00 e. The third kappa shape index (κ3) is 6.52. The van der Waals surface area contributed by atoms with Crippen LogP contribution in [0.5, 0.6) is 0 Å². The molecule has 1 fully saturated rings. The van der Waals surface area contributed by atoms with Crippen molar-refractivity contribution in [3.05, 3.63) is 79.7 Å². The fraction of sp³-hybridized carbons (Fsp3) is 0.528. The van der Waals surface area contributed by atoms with Gasteiger partial charge in [0, 0.05) is 0 Å². The molecule has 3 heteroatoms. The molecule has 0 spiro atoms. The molecule has 0 radical (unpaired) electrons. The average Bonchev–Trinajstić information content (AvgIpc) is 3.43. The zero-order valence-electron chi connectivity index (χ0n) is 25.7. The normalized spacial score (nSPS) is 17.3. The maximum atomic E-state index is 2.68. The number of hydrogen-bond donors (Lipinski definition) is 0. The largest absolute Gasteiger partial charge is 1.00 e. The molecule has 210 valence electrons. The van der Waals surface area contributed by atoms with E-state index in [1.165, 1.54) is 60.8 Å². The first-order chi connectivity index (χ1) is 17.2. The Hall–Kier alpha value is -0.747. The molecule has 0 amide bonds. The van der Waals surface area contributed by atoms with Gasteiger partial charge in [0.15, 0.2) is 0 Å². The van der Waals surface area contributed by atoms with Crippen molar-refractivity contribution in [2.45, 2.75) is 115 Å². The van der Waals surface area contributed by atoms with Gasteiger partial charge in [-0.05, 0) is 0 Å². The van der Waals surface area contributed by atoms with Crippen LogP contribution in [0.15, 0.2) is 57.4 Å². The summed E-state index contributed by atoms with van der Waals surface area (Å²) in [4.78, 5) is 0. The van der Waals surface area contributed by atoms with E-state index in [4.69, 9.17) is 0 Å². The van der Waals surface area contributed by atoms with Gasteiger partial charge in [-0.25, -0.2) is 0 Å². The number of fused-ring (bicyclic) bond motifs is 3. The summed E-state index contributed by atoms with van der Waals surface area (Å²) in [5, 5.41) is 0. The van der Waals surface area contributed by atoms with Gasteiger partial charge in [0.05, 0.1) is 0 Å². The number of allylic oxidation sites excluding steroid dienone is 4. The molecule has 39 heavy (non-hydrogen) atoms. The summed E-state index contributed by atoms with van der Waals surface area (Å²) in [5.74, 6) is 0. The Morgan fingerprint density at radius 3 is 1.54 bits per heavy atom. The zero-order valence-corrected chi connectivity index (χ0v) is 29.7. The van der Waals surface area contributed by atoms with Crippen molar-refractivity contribution in [2.75, 3.05) is 0 Å². The van der Waals surface area contributed by atoms with E-state index in [0.717, 1.165) is 0 Å². The first-order valence-electron chi connectivity index (χ1n) is 14.7. The van der Waals surface area contributed by atoms with Gasteiger partial charge in [-0.1, -0.05) is 0 Å². The molecule has 3 aliphatic carbocycles. The first-order valence-corrected chi connectivity index (χ1v) is 18.6. The molecule has 0 heterocycles. The molecular formula is C36H48Cl2Zr. The van der Waals surface area contributed by atoms with Crippen LogP contribution in [0, 0.1) is 5.41 Å². The van der Waals surface area contributed by atoms with Crippen LogP contribution in [0.25, 0.3) is 11.1 Å². The molecule has 0 nitrogen and oxygen atoms in total. The third-order valence-corrected chi connectivity index (χ3v) is 17.6. The van der Waals surface area contributed by atoms with Crippen molar-refractivity contribution >= 4 is 3.21 Å². The van der Waals surface area contributed by atoms with E-state index < -0.39 is 21.3 Å². The molecule has 0 unspecified atom stereocenters. The molecule has 5 rings (SSSR count). The maximum absolute atomic E-state index is 2.68. The summed E-state index contributed by atoms with van der Waals surface area (Å²) in [5.41, 5.74) is 11.4. The Balaban J connectivity index is 0.00000210. The summed E-state index contributed by atoms with van der Waals surface area (Å²) in [6, 6.07) is 15.1. The van der Waals surface area contributed by atoms with Crippen molar-refractivity contribution in [3.8, 4) is 11.1 Å². The molecule has 0 atom stereocenters. The van der Waals surface area contributed by atoms with Crippen LogP contribution in [0.4, 0.5) is 0 Å². The van der Waals surface area contributed by atoms with Crippen molar-refractivity contribution < 1.29 is 46.1 Å². The monoisotopic (exact) mass is 640 g/mol. The van der Waals surface area contributed by atoms with E-state index >= 15 is 0 Å². The molecule has 0 N–H and O–H groups in total. The van der Waals surface area contributed by atoms with Gasteiger partial charge >= 0.3 is 236 Å². The van der Waals surface area contributed by atoms with Crippen LogP contribution < -0.4 is 24.8 Å². The van der Waals surface area contributed by atoms with Crippen molar-refractivity contribution in [2.24, 2.45) is 5.41 Å². The Kier molecular flexibility index (Phi) is 9.96. The van der Waals surface area contributed by atoms with Crippen LogP contribution in [0.3, 0.4) is 0 Å². The number of hydrogen-bond acceptors (Lipinski definition) is 0. The van der Waals surface area contributed by atoms with Gasteiger partial charge in [-0.2, -0.15) is 0 Å². The van der Waals surface area contributed by atoms with Gasteiger partial charge in [-0.3, -0.25) is 0 Å². The molecule has 2 aromatic rings. The quantitative estimate of drug-likeness (QED) is 0.457. The molecule has 0 bridgehead atoms. The third-order valence-electron chi connectivity index (χ3n) is 8.96. The summed E-state index contributed by atoms with van der Waals surface area (Å²) in [7, 11) is 0. The SMILES string of the molecule is CC(C)(C)C1=CC[C]([Zr+2](=[C]2CCCCC2)[CH]2c3ccc(C(C)(C)C)cc3-c3cc(C(C)(C)C)ccc32)=C1.[Cl-].[Cl-]. The minimum atomic E-state index is -2.19. The Morgan fingerprint density at radius 1 is 0.641 bits per heavy atom. The fourth-order valence-electron chi connectivity index (χ4n) is 6.59. The summed E-state index contributed by atoms with van der Waals surface area (Å²) in [6.45, 7) is 21.3. The number of halogens is 2. The Labute approximate surface area is 259 Å². The second kappa shape index (κ2) is 11.9. The van der Waals surface area contributed by atoms with Crippen molar-refractivity contribution in [1.29, 1.82) is 0 Å². The summed E-state index contributed by atoms with van der Waals surface area (Å²) < 4.78 is 4.49. The molecule has 0 aliphatic heterocycles. The molecule has 0 saturated heterocycles. The van der Waals surface area contributed by atoms with Gasteiger partial charge in [0.2, 0.25) is 0 Å². The van der Waals surface area contributed by atoms with E-state index in [1.54, 1.807) is 16.7 Å². The zero-order chi connectivity index (χ0) is 26.8. The molecular weight excluding hydrogens is 595 g/mol. The predicted octanol–water partition coefficient (Wildman–Crippen LogP) is 4.37. The Bertz CT molecular complexity index is 1250. The smallest absolute Gasteiger partial charge is 1.00 e. The van der Waals surface area contributed by atoms with Crippen LogP contribution in [-0.4, -0.2) is 3.21 Å². The predicted molar refractivity (Wildman–Crippen MR) is 159 cm³/mol. The second-order valence-corrected chi connectivity index (χ2v) is 21.7. The van der Waals surface area contributed by atoms with Gasteiger partial charge < -0.3 is 24.8 Å². The number of rotatable bonds is 2. The van der Waals surface area contributed by atoms with E-state index in [9.17, 15) is 0 Å². The van der Waals surface area contributed by atoms with Gasteiger partial charge in [-0.15, -0.1) is 0 Å². The van der Waals surface area contributed by atoms with Crippen molar-refractivity contribution in [1.82, 2.24) is 0 Å². The van der Waals surface area contributed by atoms with E-state index in [2.05, 4.69) is 111 Å². The first kappa shape index (κ1) is 32.8. The molecule has 0 aromatic heterocycles. The standard InChI is InChI=1S/C21H25.C9H13.C6H10.2ClH.Zr/c1-20(2,3)16-9-7-14-11-15-8-10-17(21(4,5)6)13-19(15)18(14)12-16;1-9(2,3)8-6-4-5-7-8;1-2-4-6-5-3-1;;;/h7-13H,1-6H3;6-7H,4H2,1-3H3;1-5H2;2*1H;/q;;;;;+2/p-2. The molecule has 1 saturated carbocycles. The Morgan fingerprint density at radius 2 is 1.13 bits per heavy atom. The minimum absolute atomic E-state index is 0. The maximum Gasteiger partial charge on any atom is -1.00 e. The number of benzene rings is 2.